The maximum atomic E-state index is 7.00. The van der Waals surface area contributed by atoms with Crippen LogP contribution >= 0.6 is 0 Å². The van der Waals surface area contributed by atoms with Crippen molar-refractivity contribution in [2.75, 3.05) is 24.0 Å². The number of aryl methyl sites for hydroxylation is 2. The molecule has 18 rings (SSSR count). The Morgan fingerprint density at radius 2 is 0.717 bits per heavy atom. The molecule has 0 amide bonds. The van der Waals surface area contributed by atoms with Crippen molar-refractivity contribution in [2.24, 2.45) is 14.1 Å². The summed E-state index contributed by atoms with van der Waals surface area (Å²) >= 11 is 0. The van der Waals surface area contributed by atoms with Crippen LogP contribution in [0.5, 0.6) is 23.0 Å². The fourth-order valence-electron chi connectivity index (χ4n) is 13.3. The van der Waals surface area contributed by atoms with Gasteiger partial charge in [0, 0.05) is 143 Å². The van der Waals surface area contributed by atoms with Crippen LogP contribution in [-0.2, 0) is 65.1 Å². The molecule has 0 saturated heterocycles. The molecule has 0 bridgehead atoms. The first-order valence-electron chi connectivity index (χ1n) is 34.6. The van der Waals surface area contributed by atoms with E-state index in [0.717, 1.165) is 99.3 Å². The molecule has 0 atom stereocenters. The molecular weight excluding hydrogens is 1670 g/mol. The van der Waals surface area contributed by atoms with Crippen LogP contribution in [0, 0.1) is 18.2 Å². The molecule has 0 saturated carbocycles. The number of rotatable bonds is 6. The van der Waals surface area contributed by atoms with Crippen molar-refractivity contribution in [3.8, 4) is 68.0 Å². The zero-order valence-corrected chi connectivity index (χ0v) is 65.5. The smallest absolute Gasteiger partial charge is 0.148 e. The topological polar surface area (TPSA) is 127 Å². The summed E-state index contributed by atoms with van der Waals surface area (Å²) in [5, 5.41) is 19.1. The van der Waals surface area contributed by atoms with Crippen LogP contribution in [0.1, 0.15) is 52.7 Å². The molecule has 12 nitrogen and oxygen atoms in total. The van der Waals surface area contributed by atoms with E-state index >= 15 is 0 Å². The normalized spacial score (nSPS) is 11.5. The Kier molecular flexibility index (Phi) is 24.2. The molecule has 106 heavy (non-hydrogen) atoms. The Bertz CT molecular complexity index is 5260. The third-order valence-corrected chi connectivity index (χ3v) is 18.4. The monoisotopic (exact) mass is 1750 g/mol. The summed E-state index contributed by atoms with van der Waals surface area (Å²) in [6, 6.07) is 104. The average molecular weight is 1750 g/mol. The van der Waals surface area contributed by atoms with E-state index < -0.39 is 0 Å². The number of aliphatic hydroxyl groups excluding tert-OH is 2. The van der Waals surface area contributed by atoms with Gasteiger partial charge in [0.2, 0.25) is 0 Å². The van der Waals surface area contributed by atoms with Crippen molar-refractivity contribution in [2.45, 2.75) is 52.4 Å². The summed E-state index contributed by atoms with van der Waals surface area (Å²) in [7, 11) is 6.22. The van der Waals surface area contributed by atoms with Crippen molar-refractivity contribution in [3.05, 3.63) is 327 Å². The van der Waals surface area contributed by atoms with Crippen LogP contribution < -0.4 is 19.3 Å². The summed E-state index contributed by atoms with van der Waals surface area (Å²) in [5.74, 6) is 3.05. The Morgan fingerprint density at radius 1 is 0.340 bits per heavy atom. The minimum absolute atomic E-state index is 0. The molecule has 0 unspecified atom stereocenters. The SMILES string of the molecule is CC(C)(C)c1ccc(N2c3ccc(-c4ccccn4)[c-]c3Oc3ccccc32)cc1.CC(C)(C)c1ccc(N2c3ccc(-c4ccccn4)[c-]c3Oc3ccccc32)cc1.CO.CO.Cn1c2ccccc2c2cc[c-]c(-c3ccccn3)c21.Cn1c2ccccc2c2cccc(-c3ccccn3)c21.[Ir].[Ir]. The maximum Gasteiger partial charge on any atom is 0.148 e. The summed E-state index contributed by atoms with van der Waals surface area (Å²) in [4.78, 5) is 22.3. The van der Waals surface area contributed by atoms with Gasteiger partial charge >= 0.3 is 0 Å². The molecule has 10 aromatic carbocycles. The molecule has 2 radical (unpaired) electrons. The molecule has 2 aliphatic heterocycles. The van der Waals surface area contributed by atoms with Gasteiger partial charge in [0.05, 0.1) is 34.1 Å². The van der Waals surface area contributed by atoms with E-state index in [1.54, 1.807) is 12.4 Å². The van der Waals surface area contributed by atoms with Gasteiger partial charge < -0.3 is 53.6 Å². The molecule has 16 aromatic rings. The second-order valence-electron chi connectivity index (χ2n) is 26.9. The predicted molar refractivity (Wildman–Crippen MR) is 426 cm³/mol. The maximum absolute atomic E-state index is 7.00. The van der Waals surface area contributed by atoms with E-state index in [2.05, 4.69) is 276 Å². The van der Waals surface area contributed by atoms with Crippen LogP contribution in [0.4, 0.5) is 34.1 Å². The van der Waals surface area contributed by atoms with Crippen LogP contribution in [0.15, 0.2) is 298 Å². The number of benzene rings is 10. The first kappa shape index (κ1) is 76.0. The molecule has 0 aliphatic carbocycles. The van der Waals surface area contributed by atoms with Crippen LogP contribution in [0.3, 0.4) is 0 Å². The molecule has 534 valence electrons. The number of aliphatic hydroxyl groups is 2. The molecule has 0 fully saturated rings. The Hall–Kier alpha value is -11.2. The van der Waals surface area contributed by atoms with Crippen molar-refractivity contribution in [1.29, 1.82) is 0 Å². The zero-order chi connectivity index (χ0) is 72.5. The van der Waals surface area contributed by atoms with Gasteiger partial charge in [-0.25, -0.2) is 0 Å². The Morgan fingerprint density at radius 3 is 1.15 bits per heavy atom. The molecule has 2 N–H and O–H groups in total. The number of para-hydroxylation sites is 7. The van der Waals surface area contributed by atoms with E-state index in [-0.39, 0.29) is 51.0 Å². The van der Waals surface area contributed by atoms with Crippen molar-refractivity contribution in [1.82, 2.24) is 29.1 Å². The predicted octanol–water partition coefficient (Wildman–Crippen LogP) is 22.6. The molecule has 2 aliphatic rings. The summed E-state index contributed by atoms with van der Waals surface area (Å²) in [6.07, 6.45) is 7.26. The van der Waals surface area contributed by atoms with Gasteiger partial charge in [0.15, 0.2) is 0 Å². The van der Waals surface area contributed by atoms with E-state index in [1.165, 1.54) is 60.3 Å². The number of fused-ring (bicyclic) bond motifs is 10. The van der Waals surface area contributed by atoms with Crippen LogP contribution in [0.2, 0.25) is 0 Å². The largest absolute Gasteiger partial charge is 0.473 e. The number of aromatic nitrogens is 6. The number of hydrogen-bond acceptors (Lipinski definition) is 10. The fraction of sp³-hybridized carbons (Fsp3) is 0.130. The summed E-state index contributed by atoms with van der Waals surface area (Å²) in [5.41, 5.74) is 21.7. The quantitative estimate of drug-likeness (QED) is 0.155. The summed E-state index contributed by atoms with van der Waals surface area (Å²) < 4.78 is 17.0. The molecule has 0 spiro atoms. The van der Waals surface area contributed by atoms with E-state index in [9.17, 15) is 0 Å². The van der Waals surface area contributed by atoms with E-state index in [4.69, 9.17) is 19.7 Å². The number of anilines is 6. The first-order valence-corrected chi connectivity index (χ1v) is 34.6. The van der Waals surface area contributed by atoms with Crippen LogP contribution in [0.25, 0.3) is 88.6 Å². The van der Waals surface area contributed by atoms with Gasteiger partial charge in [-0.15, -0.1) is 59.2 Å². The van der Waals surface area contributed by atoms with Crippen molar-refractivity contribution in [3.63, 3.8) is 0 Å². The Labute approximate surface area is 647 Å². The number of hydrogen-bond donors (Lipinski definition) is 2. The van der Waals surface area contributed by atoms with Gasteiger partial charge in [-0.1, -0.05) is 205 Å². The second-order valence-corrected chi connectivity index (χ2v) is 26.9. The number of nitrogens with zero attached hydrogens (tertiary/aromatic N) is 8. The number of pyridine rings is 4. The van der Waals surface area contributed by atoms with Crippen LogP contribution in [-0.4, -0.2) is 53.5 Å². The van der Waals surface area contributed by atoms with Gasteiger partial charge in [-0.3, -0.25) is 4.98 Å². The number of ether oxygens (including phenoxy) is 2. The zero-order valence-electron chi connectivity index (χ0n) is 60.7. The van der Waals surface area contributed by atoms with Crippen molar-refractivity contribution >= 4 is 77.7 Å². The third-order valence-electron chi connectivity index (χ3n) is 18.4. The molecule has 14 heteroatoms. The van der Waals surface area contributed by atoms with E-state index in [0.29, 0.717) is 11.5 Å². The van der Waals surface area contributed by atoms with Gasteiger partial charge in [0.1, 0.15) is 11.5 Å². The Balaban J connectivity index is 0.000000140. The standard InChI is InChI=1S/2C27H23N2O.C18H14N2.C18H13N2.2CH4O.2Ir/c2*1-27(2,3)20-12-14-21(15-13-20)29-23-9-4-5-10-25(23)30-26-18-19(11-16-24(26)29)22-8-6-7-17-28-22;2*1-20-17-11-3-2-7-13(17)14-8-6-9-15(18(14)20)16-10-4-5-12-19-16;2*1-2;;/h2*4-17H,1-3H3;2-12H,1H3;2-8,10-12H,1H3;2*2H,1H3;;/q2*-1;;-1;;;;. The average Bonchev–Trinajstić information content (AvgIpc) is 1.38. The minimum atomic E-state index is 0. The molecular formula is C92H81Ir2N8O4-3. The van der Waals surface area contributed by atoms with E-state index in [1.807, 2.05) is 122 Å². The molecule has 6 aromatic heterocycles. The van der Waals surface area contributed by atoms with Gasteiger partial charge in [0.25, 0.3) is 0 Å². The van der Waals surface area contributed by atoms with Gasteiger partial charge in [-0.05, 0) is 141 Å². The second kappa shape index (κ2) is 33.7. The third kappa shape index (κ3) is 15.8. The van der Waals surface area contributed by atoms with Crippen molar-refractivity contribution < 1.29 is 59.9 Å². The first-order chi connectivity index (χ1) is 50.7. The summed E-state index contributed by atoms with van der Waals surface area (Å²) in [6.45, 7) is 13.4. The van der Waals surface area contributed by atoms with Gasteiger partial charge in [-0.2, -0.15) is 0 Å². The minimum Gasteiger partial charge on any atom is -0.473 e. The molecule has 8 heterocycles. The fourth-order valence-corrected chi connectivity index (χ4v) is 13.3.